The van der Waals surface area contributed by atoms with Gasteiger partial charge in [0.1, 0.15) is 5.75 Å². The Balaban J connectivity index is 1.96. The maximum atomic E-state index is 6.51. The Morgan fingerprint density at radius 3 is 2.75 bits per heavy atom. The van der Waals surface area contributed by atoms with Gasteiger partial charge >= 0.3 is 0 Å². The van der Waals surface area contributed by atoms with Crippen molar-refractivity contribution in [1.29, 1.82) is 0 Å². The first kappa shape index (κ1) is 13.7. The average molecular weight is 332 g/mol. The van der Waals surface area contributed by atoms with Gasteiger partial charge in [0.25, 0.3) is 0 Å². The zero-order chi connectivity index (χ0) is 14.3. The minimum atomic E-state index is -0.0308. The maximum Gasteiger partial charge on any atom is 0.123 e. The van der Waals surface area contributed by atoms with Crippen LogP contribution in [0, 0.1) is 6.92 Å². The fourth-order valence-corrected chi connectivity index (χ4v) is 3.30. The highest BCUT2D eigenvalue weighted by atomic mass is 79.9. The van der Waals surface area contributed by atoms with Gasteiger partial charge in [-0.1, -0.05) is 40.2 Å². The van der Waals surface area contributed by atoms with E-state index in [1.807, 2.05) is 6.07 Å². The van der Waals surface area contributed by atoms with Crippen molar-refractivity contribution in [3.63, 3.8) is 0 Å². The summed E-state index contributed by atoms with van der Waals surface area (Å²) >= 11 is 3.59. The SMILES string of the molecule is COc1cc(C)c(Br)cc1C(N)C1Cc2ccccc21. The molecule has 0 radical (unpaired) electrons. The summed E-state index contributed by atoms with van der Waals surface area (Å²) in [6.07, 6.45) is 1.05. The van der Waals surface area contributed by atoms with Gasteiger partial charge in [-0.2, -0.15) is 0 Å². The van der Waals surface area contributed by atoms with Crippen molar-refractivity contribution in [3.8, 4) is 5.75 Å². The molecular weight excluding hydrogens is 314 g/mol. The second kappa shape index (κ2) is 5.23. The molecule has 0 fully saturated rings. The molecule has 2 nitrogen and oxygen atoms in total. The quantitative estimate of drug-likeness (QED) is 0.918. The van der Waals surface area contributed by atoms with E-state index in [1.54, 1.807) is 7.11 Å². The van der Waals surface area contributed by atoms with Crippen molar-refractivity contribution < 1.29 is 4.74 Å². The van der Waals surface area contributed by atoms with Gasteiger partial charge < -0.3 is 10.5 Å². The molecule has 2 unspecified atom stereocenters. The van der Waals surface area contributed by atoms with Crippen molar-refractivity contribution in [2.45, 2.75) is 25.3 Å². The lowest BCUT2D eigenvalue weighted by molar-refractivity contribution is 0.396. The molecule has 20 heavy (non-hydrogen) atoms. The van der Waals surface area contributed by atoms with Gasteiger partial charge in [-0.05, 0) is 42.2 Å². The molecule has 0 heterocycles. The minimum absolute atomic E-state index is 0.0308. The summed E-state index contributed by atoms with van der Waals surface area (Å²) < 4.78 is 6.59. The van der Waals surface area contributed by atoms with Crippen LogP contribution in [0.5, 0.6) is 5.75 Å². The lowest BCUT2D eigenvalue weighted by Crippen LogP contribution is -2.29. The molecule has 1 aliphatic rings. The van der Waals surface area contributed by atoms with Gasteiger partial charge in [-0.25, -0.2) is 0 Å². The Hall–Kier alpha value is -1.32. The van der Waals surface area contributed by atoms with Crippen LogP contribution >= 0.6 is 15.9 Å². The van der Waals surface area contributed by atoms with Gasteiger partial charge in [0, 0.05) is 22.0 Å². The molecule has 3 heteroatoms. The Bertz CT molecular complexity index is 653. The first-order chi connectivity index (χ1) is 9.61. The lowest BCUT2D eigenvalue weighted by Gasteiger charge is -2.35. The topological polar surface area (TPSA) is 35.2 Å². The fraction of sp³-hybridized carbons (Fsp3) is 0.294. The number of hydrogen-bond acceptors (Lipinski definition) is 2. The molecule has 104 valence electrons. The van der Waals surface area contributed by atoms with Crippen LogP contribution in [0.25, 0.3) is 0 Å². The minimum Gasteiger partial charge on any atom is -0.496 e. The summed E-state index contributed by atoms with van der Waals surface area (Å²) in [5, 5.41) is 0. The molecule has 0 saturated heterocycles. The second-order valence-electron chi connectivity index (χ2n) is 5.38. The third-order valence-electron chi connectivity index (χ3n) is 4.20. The molecular formula is C17H18BrNO. The summed E-state index contributed by atoms with van der Waals surface area (Å²) in [6, 6.07) is 12.6. The van der Waals surface area contributed by atoms with E-state index >= 15 is 0 Å². The molecule has 0 bridgehead atoms. The van der Waals surface area contributed by atoms with Crippen LogP contribution in [-0.4, -0.2) is 7.11 Å². The predicted molar refractivity (Wildman–Crippen MR) is 85.2 cm³/mol. The smallest absolute Gasteiger partial charge is 0.123 e. The van der Waals surface area contributed by atoms with Crippen molar-refractivity contribution in [2.24, 2.45) is 5.73 Å². The van der Waals surface area contributed by atoms with E-state index < -0.39 is 0 Å². The lowest BCUT2D eigenvalue weighted by atomic mass is 9.72. The third-order valence-corrected chi connectivity index (χ3v) is 5.05. The zero-order valence-electron chi connectivity index (χ0n) is 11.7. The van der Waals surface area contributed by atoms with Crippen molar-refractivity contribution >= 4 is 15.9 Å². The van der Waals surface area contributed by atoms with Gasteiger partial charge in [0.15, 0.2) is 0 Å². The highest BCUT2D eigenvalue weighted by Gasteiger charge is 2.33. The number of aryl methyl sites for hydroxylation is 1. The van der Waals surface area contributed by atoms with Gasteiger partial charge in [-0.3, -0.25) is 0 Å². The molecule has 2 aromatic carbocycles. The molecule has 2 aromatic rings. The molecule has 2 atom stereocenters. The largest absolute Gasteiger partial charge is 0.496 e. The predicted octanol–water partition coefficient (Wildman–Crippen LogP) is 4.11. The summed E-state index contributed by atoms with van der Waals surface area (Å²) in [4.78, 5) is 0. The van der Waals surface area contributed by atoms with E-state index in [0.29, 0.717) is 5.92 Å². The number of ether oxygens (including phenoxy) is 1. The van der Waals surface area contributed by atoms with Crippen LogP contribution < -0.4 is 10.5 Å². The summed E-state index contributed by atoms with van der Waals surface area (Å²) in [5.74, 6) is 1.26. The Morgan fingerprint density at radius 1 is 1.30 bits per heavy atom. The molecule has 0 aliphatic heterocycles. The first-order valence-electron chi connectivity index (χ1n) is 6.79. The van der Waals surface area contributed by atoms with Crippen molar-refractivity contribution in [2.75, 3.05) is 7.11 Å². The molecule has 3 rings (SSSR count). The normalized spacial score (nSPS) is 18.1. The van der Waals surface area contributed by atoms with E-state index in [1.165, 1.54) is 11.1 Å². The number of methoxy groups -OCH3 is 1. The zero-order valence-corrected chi connectivity index (χ0v) is 13.3. The number of rotatable bonds is 3. The highest BCUT2D eigenvalue weighted by molar-refractivity contribution is 9.10. The maximum absolute atomic E-state index is 6.51. The van der Waals surface area contributed by atoms with Crippen LogP contribution in [0.1, 0.15) is 34.2 Å². The Kier molecular flexibility index (Phi) is 3.57. The monoisotopic (exact) mass is 331 g/mol. The van der Waals surface area contributed by atoms with Crippen LogP contribution in [-0.2, 0) is 6.42 Å². The Morgan fingerprint density at radius 2 is 2.05 bits per heavy atom. The molecule has 1 aliphatic carbocycles. The van der Waals surface area contributed by atoms with Gasteiger partial charge in [-0.15, -0.1) is 0 Å². The van der Waals surface area contributed by atoms with Crippen LogP contribution in [0.2, 0.25) is 0 Å². The third kappa shape index (κ3) is 2.15. The molecule has 2 N–H and O–H groups in total. The number of fused-ring (bicyclic) bond motifs is 1. The number of nitrogens with two attached hydrogens (primary N) is 1. The first-order valence-corrected chi connectivity index (χ1v) is 7.58. The highest BCUT2D eigenvalue weighted by Crippen LogP contribution is 2.45. The summed E-state index contributed by atoms with van der Waals surface area (Å²) in [7, 11) is 1.70. The van der Waals surface area contributed by atoms with Crippen LogP contribution in [0.4, 0.5) is 0 Å². The van der Waals surface area contributed by atoms with E-state index in [4.69, 9.17) is 10.5 Å². The van der Waals surface area contributed by atoms with Crippen molar-refractivity contribution in [1.82, 2.24) is 0 Å². The van der Waals surface area contributed by atoms with E-state index in [-0.39, 0.29) is 6.04 Å². The van der Waals surface area contributed by atoms with E-state index in [0.717, 1.165) is 27.8 Å². The van der Waals surface area contributed by atoms with Gasteiger partial charge in [0.05, 0.1) is 7.11 Å². The average Bonchev–Trinajstić information content (AvgIpc) is 2.42. The second-order valence-corrected chi connectivity index (χ2v) is 6.23. The van der Waals surface area contributed by atoms with Crippen molar-refractivity contribution in [3.05, 3.63) is 63.1 Å². The summed E-state index contributed by atoms with van der Waals surface area (Å²) in [5.41, 5.74) is 11.5. The van der Waals surface area contributed by atoms with Gasteiger partial charge in [0.2, 0.25) is 0 Å². The number of halogens is 1. The molecule has 0 aromatic heterocycles. The summed E-state index contributed by atoms with van der Waals surface area (Å²) in [6.45, 7) is 2.06. The molecule has 0 spiro atoms. The van der Waals surface area contributed by atoms with E-state index in [2.05, 4.69) is 53.2 Å². The molecule has 0 saturated carbocycles. The van der Waals surface area contributed by atoms with Crippen LogP contribution in [0.15, 0.2) is 40.9 Å². The standard InChI is InChI=1S/C17H18BrNO/c1-10-7-16(20-2)14(9-15(10)18)17(19)13-8-11-5-3-4-6-12(11)13/h3-7,9,13,17H,8,19H2,1-2H3. The fourth-order valence-electron chi connectivity index (χ4n) is 2.94. The van der Waals surface area contributed by atoms with Crippen LogP contribution in [0.3, 0.4) is 0 Å². The number of benzene rings is 2. The molecule has 0 amide bonds. The van der Waals surface area contributed by atoms with E-state index in [9.17, 15) is 0 Å². The number of hydrogen-bond donors (Lipinski definition) is 1. The Labute approximate surface area is 128 Å².